The molecule has 1 atom stereocenters. The molecule has 2 N–H and O–H groups in total. The summed E-state index contributed by atoms with van der Waals surface area (Å²) in [6.07, 6.45) is 5.67. The van der Waals surface area contributed by atoms with Gasteiger partial charge in [-0.25, -0.2) is 0 Å². The van der Waals surface area contributed by atoms with Crippen molar-refractivity contribution in [2.45, 2.75) is 57.9 Å². The number of carbonyl (C=O) groups is 2. The third kappa shape index (κ3) is 4.64. The number of likely N-dealkylation sites (tertiary alicyclic amines) is 1. The highest BCUT2D eigenvalue weighted by molar-refractivity contribution is 5.92. The van der Waals surface area contributed by atoms with Crippen molar-refractivity contribution in [2.75, 3.05) is 13.1 Å². The second kappa shape index (κ2) is 8.20. The van der Waals surface area contributed by atoms with E-state index in [9.17, 15) is 9.59 Å². The van der Waals surface area contributed by atoms with E-state index in [0.717, 1.165) is 43.0 Å². The standard InChI is InChI=1S/C21H28N4O3/c1-14-4-8-17(28-14)12-22-20(26)9-5-15-3-2-10-25(13-15)21(27)19-11-18(23-24-19)16-6-7-16/h4,8,11,15-16H,2-3,5-7,9-10,12-13H2,1H3,(H,22,26)(H,23,24). The molecule has 1 aliphatic carbocycles. The van der Waals surface area contributed by atoms with Crippen LogP contribution in [-0.2, 0) is 11.3 Å². The molecule has 2 aromatic rings. The Kier molecular flexibility index (Phi) is 5.50. The molecule has 0 spiro atoms. The number of aryl methyl sites for hydroxylation is 1. The number of piperidine rings is 1. The van der Waals surface area contributed by atoms with E-state index in [1.54, 1.807) is 0 Å². The minimum atomic E-state index is 0.00508. The lowest BCUT2D eigenvalue weighted by Crippen LogP contribution is -2.40. The summed E-state index contributed by atoms with van der Waals surface area (Å²) in [5, 5.41) is 10.1. The second-order valence-electron chi connectivity index (χ2n) is 8.07. The monoisotopic (exact) mass is 384 g/mol. The fraction of sp³-hybridized carbons (Fsp3) is 0.571. The molecule has 0 radical (unpaired) electrons. The summed E-state index contributed by atoms with van der Waals surface area (Å²) >= 11 is 0. The first-order chi connectivity index (χ1) is 13.6. The number of hydrogen-bond donors (Lipinski definition) is 2. The summed E-state index contributed by atoms with van der Waals surface area (Å²) < 4.78 is 5.46. The molecule has 2 aromatic heterocycles. The molecule has 1 unspecified atom stereocenters. The van der Waals surface area contributed by atoms with Crippen molar-refractivity contribution in [1.82, 2.24) is 20.4 Å². The first kappa shape index (κ1) is 18.8. The summed E-state index contributed by atoms with van der Waals surface area (Å²) in [4.78, 5) is 26.8. The van der Waals surface area contributed by atoms with Gasteiger partial charge in [-0.1, -0.05) is 0 Å². The van der Waals surface area contributed by atoms with Crippen LogP contribution < -0.4 is 5.32 Å². The Morgan fingerprint density at radius 3 is 2.93 bits per heavy atom. The van der Waals surface area contributed by atoms with Gasteiger partial charge >= 0.3 is 0 Å². The minimum absolute atomic E-state index is 0.00508. The second-order valence-corrected chi connectivity index (χ2v) is 8.07. The fourth-order valence-corrected chi connectivity index (χ4v) is 3.89. The lowest BCUT2D eigenvalue weighted by Gasteiger charge is -2.32. The van der Waals surface area contributed by atoms with Crippen molar-refractivity contribution in [2.24, 2.45) is 5.92 Å². The van der Waals surface area contributed by atoms with Crippen LogP contribution in [-0.4, -0.2) is 40.0 Å². The van der Waals surface area contributed by atoms with E-state index < -0.39 is 0 Å². The number of nitrogens with one attached hydrogen (secondary N) is 2. The minimum Gasteiger partial charge on any atom is -0.465 e. The number of H-pyrrole nitrogens is 1. The highest BCUT2D eigenvalue weighted by Crippen LogP contribution is 2.39. The van der Waals surface area contributed by atoms with E-state index in [2.05, 4.69) is 15.5 Å². The van der Waals surface area contributed by atoms with E-state index in [0.29, 0.717) is 37.0 Å². The van der Waals surface area contributed by atoms with Gasteiger partial charge in [-0.15, -0.1) is 0 Å². The van der Waals surface area contributed by atoms with E-state index in [-0.39, 0.29) is 11.8 Å². The highest BCUT2D eigenvalue weighted by atomic mass is 16.3. The first-order valence-corrected chi connectivity index (χ1v) is 10.2. The molecule has 2 aliphatic rings. The maximum atomic E-state index is 12.8. The maximum absolute atomic E-state index is 12.8. The van der Waals surface area contributed by atoms with Crippen LogP contribution in [0.15, 0.2) is 22.6 Å². The van der Waals surface area contributed by atoms with Crippen molar-refractivity contribution in [3.63, 3.8) is 0 Å². The van der Waals surface area contributed by atoms with E-state index >= 15 is 0 Å². The van der Waals surface area contributed by atoms with Crippen LogP contribution in [0.3, 0.4) is 0 Å². The van der Waals surface area contributed by atoms with Crippen molar-refractivity contribution in [1.29, 1.82) is 0 Å². The van der Waals surface area contributed by atoms with E-state index in [4.69, 9.17) is 4.42 Å². The number of amides is 2. The third-order valence-corrected chi connectivity index (χ3v) is 5.68. The molecule has 150 valence electrons. The van der Waals surface area contributed by atoms with Gasteiger partial charge in [-0.2, -0.15) is 5.10 Å². The van der Waals surface area contributed by atoms with Gasteiger partial charge in [0.1, 0.15) is 17.2 Å². The summed E-state index contributed by atoms with van der Waals surface area (Å²) in [6.45, 7) is 3.78. The molecule has 2 amide bonds. The summed E-state index contributed by atoms with van der Waals surface area (Å²) in [7, 11) is 0. The predicted octanol–water partition coefficient (Wildman–Crippen LogP) is 3.14. The topological polar surface area (TPSA) is 91.2 Å². The van der Waals surface area contributed by atoms with Crippen LogP contribution in [0.1, 0.15) is 72.1 Å². The lowest BCUT2D eigenvalue weighted by molar-refractivity contribution is -0.121. The van der Waals surface area contributed by atoms with Crippen LogP contribution in [0.4, 0.5) is 0 Å². The number of aromatic amines is 1. The van der Waals surface area contributed by atoms with Crippen LogP contribution in [0.5, 0.6) is 0 Å². The Hall–Kier alpha value is -2.57. The van der Waals surface area contributed by atoms with Crippen LogP contribution in [0.25, 0.3) is 0 Å². The van der Waals surface area contributed by atoms with Crippen LogP contribution in [0.2, 0.25) is 0 Å². The molecule has 4 rings (SSSR count). The number of furan rings is 1. The zero-order valence-corrected chi connectivity index (χ0v) is 16.4. The summed E-state index contributed by atoms with van der Waals surface area (Å²) in [5.41, 5.74) is 1.61. The van der Waals surface area contributed by atoms with Crippen molar-refractivity contribution >= 4 is 11.8 Å². The van der Waals surface area contributed by atoms with E-state index in [1.807, 2.05) is 30.0 Å². The molecule has 7 nitrogen and oxygen atoms in total. The molecule has 28 heavy (non-hydrogen) atoms. The van der Waals surface area contributed by atoms with Gasteiger partial charge in [0.05, 0.1) is 6.54 Å². The molecule has 1 saturated carbocycles. The number of hydrogen-bond acceptors (Lipinski definition) is 4. The van der Waals surface area contributed by atoms with Crippen molar-refractivity contribution < 1.29 is 14.0 Å². The highest BCUT2D eigenvalue weighted by Gasteiger charge is 2.29. The van der Waals surface area contributed by atoms with Gasteiger partial charge in [0.15, 0.2) is 0 Å². The molecule has 0 bridgehead atoms. The van der Waals surface area contributed by atoms with Gasteiger partial charge < -0.3 is 14.6 Å². The van der Waals surface area contributed by atoms with Gasteiger partial charge in [0.25, 0.3) is 5.91 Å². The lowest BCUT2D eigenvalue weighted by atomic mass is 9.93. The smallest absolute Gasteiger partial charge is 0.274 e. The molecule has 7 heteroatoms. The summed E-state index contributed by atoms with van der Waals surface area (Å²) in [6, 6.07) is 5.68. The predicted molar refractivity (Wildman–Crippen MR) is 104 cm³/mol. The number of carbonyl (C=O) groups excluding carboxylic acids is 2. The summed E-state index contributed by atoms with van der Waals surface area (Å²) in [5.74, 6) is 2.56. The molecule has 1 saturated heterocycles. The quantitative estimate of drug-likeness (QED) is 0.767. The largest absolute Gasteiger partial charge is 0.465 e. The first-order valence-electron chi connectivity index (χ1n) is 10.2. The molecule has 1 aliphatic heterocycles. The Morgan fingerprint density at radius 1 is 1.32 bits per heavy atom. The Morgan fingerprint density at radius 2 is 2.18 bits per heavy atom. The van der Waals surface area contributed by atoms with Gasteiger partial charge in [0.2, 0.25) is 5.91 Å². The average Bonchev–Trinajstić information content (AvgIpc) is 3.29. The normalized spacial score (nSPS) is 19.6. The number of aromatic nitrogens is 2. The van der Waals surface area contributed by atoms with Crippen LogP contribution >= 0.6 is 0 Å². The zero-order chi connectivity index (χ0) is 19.5. The Bertz CT molecular complexity index is 836. The van der Waals surface area contributed by atoms with Crippen molar-refractivity contribution in [3.05, 3.63) is 41.1 Å². The van der Waals surface area contributed by atoms with Gasteiger partial charge in [-0.3, -0.25) is 14.7 Å². The zero-order valence-electron chi connectivity index (χ0n) is 16.4. The number of rotatable bonds is 7. The van der Waals surface area contributed by atoms with Crippen LogP contribution in [0, 0.1) is 12.8 Å². The van der Waals surface area contributed by atoms with Gasteiger partial charge in [-0.05, 0) is 63.1 Å². The maximum Gasteiger partial charge on any atom is 0.274 e. The number of nitrogens with zero attached hydrogens (tertiary/aromatic N) is 2. The average molecular weight is 384 g/mol. The van der Waals surface area contributed by atoms with E-state index in [1.165, 1.54) is 12.8 Å². The SMILES string of the molecule is Cc1ccc(CNC(=O)CCC2CCCN(C(=O)c3cc(C4CC4)[nH]n3)C2)o1. The molecule has 0 aromatic carbocycles. The van der Waals surface area contributed by atoms with Gasteiger partial charge in [0, 0.05) is 31.1 Å². The Labute approximate surface area is 164 Å². The molecular weight excluding hydrogens is 356 g/mol. The third-order valence-electron chi connectivity index (χ3n) is 5.68. The molecular formula is C21H28N4O3. The Balaban J connectivity index is 1.22. The van der Waals surface area contributed by atoms with Crippen molar-refractivity contribution in [3.8, 4) is 0 Å². The molecule has 3 heterocycles. The molecule has 2 fully saturated rings. The fourth-order valence-electron chi connectivity index (χ4n) is 3.89.